The molecular formula is C10H11BrN4O. The smallest absolute Gasteiger partial charge is 0.312 e. The number of rotatable bonds is 4. The van der Waals surface area contributed by atoms with Gasteiger partial charge in [-0.2, -0.15) is 5.26 Å². The Morgan fingerprint density at radius 1 is 1.50 bits per heavy atom. The highest BCUT2D eigenvalue weighted by Crippen LogP contribution is 2.20. The molecule has 1 aromatic rings. The number of anilines is 1. The number of primary amides is 1. The van der Waals surface area contributed by atoms with Crippen LogP contribution < -0.4 is 16.4 Å². The molecule has 0 aliphatic heterocycles. The first-order valence-corrected chi connectivity index (χ1v) is 5.39. The lowest BCUT2D eigenvalue weighted by Crippen LogP contribution is -2.33. The second kappa shape index (κ2) is 5.98. The van der Waals surface area contributed by atoms with E-state index in [1.807, 2.05) is 6.07 Å². The van der Waals surface area contributed by atoms with Gasteiger partial charge in [0, 0.05) is 23.2 Å². The number of nitrogens with zero attached hydrogens (tertiary/aromatic N) is 1. The summed E-state index contributed by atoms with van der Waals surface area (Å²) in [4.78, 5) is 10.4. The van der Waals surface area contributed by atoms with Crippen molar-refractivity contribution in [1.29, 1.82) is 5.26 Å². The molecule has 2 amide bonds. The van der Waals surface area contributed by atoms with Gasteiger partial charge in [0.1, 0.15) is 6.07 Å². The van der Waals surface area contributed by atoms with Crippen molar-refractivity contribution in [3.63, 3.8) is 0 Å². The minimum absolute atomic E-state index is 0.451. The molecule has 0 heterocycles. The summed E-state index contributed by atoms with van der Waals surface area (Å²) in [5.74, 6) is 0. The monoisotopic (exact) mass is 282 g/mol. The highest BCUT2D eigenvalue weighted by Gasteiger charge is 1.99. The molecule has 5 nitrogen and oxygen atoms in total. The quantitative estimate of drug-likeness (QED) is 0.729. The van der Waals surface area contributed by atoms with Crippen molar-refractivity contribution in [3.8, 4) is 6.07 Å². The Hall–Kier alpha value is -1.74. The summed E-state index contributed by atoms with van der Waals surface area (Å²) in [5.41, 5.74) is 6.37. The topological polar surface area (TPSA) is 90.9 Å². The molecule has 1 rings (SSSR count). The van der Waals surface area contributed by atoms with Gasteiger partial charge in [-0.1, -0.05) is 0 Å². The third kappa shape index (κ3) is 3.79. The number of nitrogens with one attached hydrogen (secondary N) is 2. The van der Waals surface area contributed by atoms with E-state index in [1.165, 1.54) is 0 Å². The van der Waals surface area contributed by atoms with Gasteiger partial charge in [-0.05, 0) is 34.1 Å². The molecule has 1 aromatic carbocycles. The molecule has 0 atom stereocenters. The summed E-state index contributed by atoms with van der Waals surface area (Å²) < 4.78 is 0.739. The number of hydrogen-bond acceptors (Lipinski definition) is 3. The van der Waals surface area contributed by atoms with E-state index in [9.17, 15) is 4.79 Å². The van der Waals surface area contributed by atoms with Gasteiger partial charge < -0.3 is 16.4 Å². The Kier molecular flexibility index (Phi) is 4.61. The summed E-state index contributed by atoms with van der Waals surface area (Å²) in [6, 6.07) is 6.84. The van der Waals surface area contributed by atoms with Gasteiger partial charge in [0.2, 0.25) is 0 Å². The number of carbonyl (C=O) groups is 1. The van der Waals surface area contributed by atoms with Crippen molar-refractivity contribution in [2.75, 3.05) is 18.4 Å². The summed E-state index contributed by atoms with van der Waals surface area (Å²) in [6.07, 6.45) is 0. The van der Waals surface area contributed by atoms with Crippen molar-refractivity contribution >= 4 is 27.6 Å². The van der Waals surface area contributed by atoms with Gasteiger partial charge in [-0.15, -0.1) is 0 Å². The number of amides is 2. The fourth-order valence-corrected chi connectivity index (χ4v) is 1.58. The van der Waals surface area contributed by atoms with Crippen molar-refractivity contribution in [2.24, 2.45) is 5.73 Å². The highest BCUT2D eigenvalue weighted by atomic mass is 79.9. The molecule has 0 radical (unpaired) electrons. The van der Waals surface area contributed by atoms with Crippen LogP contribution in [0.4, 0.5) is 10.5 Å². The summed E-state index contributed by atoms with van der Waals surface area (Å²) in [6.45, 7) is 1.02. The number of halogens is 1. The van der Waals surface area contributed by atoms with E-state index in [1.54, 1.807) is 12.1 Å². The van der Waals surface area contributed by atoms with Crippen LogP contribution in [0, 0.1) is 11.3 Å². The van der Waals surface area contributed by atoms with Crippen molar-refractivity contribution in [2.45, 2.75) is 0 Å². The first-order chi connectivity index (χ1) is 7.63. The summed E-state index contributed by atoms with van der Waals surface area (Å²) >= 11 is 3.29. The second-order valence-electron chi connectivity index (χ2n) is 3.02. The molecule has 0 saturated carbocycles. The molecular weight excluding hydrogens is 272 g/mol. The number of nitrogens with two attached hydrogens (primary N) is 1. The first kappa shape index (κ1) is 12.3. The standard InChI is InChI=1S/C10H11BrN4O/c11-9-5-8(2-1-7(9)6-12)14-3-4-15-10(13)16/h1-2,5,14H,3-4H2,(H3,13,15,16). The maximum Gasteiger partial charge on any atom is 0.312 e. The lowest BCUT2D eigenvalue weighted by atomic mass is 10.2. The van der Waals surface area contributed by atoms with Gasteiger partial charge in [0.25, 0.3) is 0 Å². The number of nitriles is 1. The van der Waals surface area contributed by atoms with Crippen LogP contribution in [0.25, 0.3) is 0 Å². The Balaban J connectivity index is 2.47. The lowest BCUT2D eigenvalue weighted by molar-refractivity contribution is 0.249. The molecule has 0 saturated heterocycles. The molecule has 6 heteroatoms. The zero-order valence-electron chi connectivity index (χ0n) is 8.46. The predicted octanol–water partition coefficient (Wildman–Crippen LogP) is 1.40. The molecule has 0 bridgehead atoms. The van der Waals surface area contributed by atoms with Crippen molar-refractivity contribution in [3.05, 3.63) is 28.2 Å². The molecule has 84 valence electrons. The number of benzene rings is 1. The minimum Gasteiger partial charge on any atom is -0.383 e. The van der Waals surface area contributed by atoms with Crippen LogP contribution in [0.3, 0.4) is 0 Å². The number of carbonyl (C=O) groups excluding carboxylic acids is 1. The van der Waals surface area contributed by atoms with E-state index in [4.69, 9.17) is 11.0 Å². The Morgan fingerprint density at radius 3 is 2.81 bits per heavy atom. The maximum absolute atomic E-state index is 10.4. The number of urea groups is 1. The summed E-state index contributed by atoms with van der Waals surface area (Å²) in [7, 11) is 0. The van der Waals surface area contributed by atoms with Crippen LogP contribution in [0.5, 0.6) is 0 Å². The Bertz CT molecular complexity index is 427. The van der Waals surface area contributed by atoms with E-state index in [-0.39, 0.29) is 0 Å². The Morgan fingerprint density at radius 2 is 2.25 bits per heavy atom. The SMILES string of the molecule is N#Cc1ccc(NCCNC(N)=O)cc1Br. The number of hydrogen-bond donors (Lipinski definition) is 3. The van der Waals surface area contributed by atoms with Crippen LogP contribution in [-0.2, 0) is 0 Å². The Labute approximate surface area is 102 Å². The molecule has 0 fully saturated rings. The van der Waals surface area contributed by atoms with Crippen LogP contribution in [-0.4, -0.2) is 19.1 Å². The fraction of sp³-hybridized carbons (Fsp3) is 0.200. The molecule has 4 N–H and O–H groups in total. The average Bonchev–Trinajstić information content (AvgIpc) is 2.24. The summed E-state index contributed by atoms with van der Waals surface area (Å²) in [5, 5.41) is 14.3. The second-order valence-corrected chi connectivity index (χ2v) is 3.88. The molecule has 0 aromatic heterocycles. The van der Waals surface area contributed by atoms with E-state index < -0.39 is 6.03 Å². The average molecular weight is 283 g/mol. The molecule has 0 aliphatic carbocycles. The normalized spacial score (nSPS) is 9.25. The zero-order chi connectivity index (χ0) is 12.0. The van der Waals surface area contributed by atoms with Gasteiger partial charge >= 0.3 is 6.03 Å². The van der Waals surface area contributed by atoms with E-state index in [2.05, 4.69) is 32.6 Å². The van der Waals surface area contributed by atoms with E-state index in [0.29, 0.717) is 18.7 Å². The van der Waals surface area contributed by atoms with Gasteiger partial charge in [0.15, 0.2) is 0 Å². The van der Waals surface area contributed by atoms with Gasteiger partial charge in [-0.3, -0.25) is 0 Å². The van der Waals surface area contributed by atoms with Gasteiger partial charge in [-0.25, -0.2) is 4.79 Å². The van der Waals surface area contributed by atoms with Crippen molar-refractivity contribution < 1.29 is 4.79 Å². The third-order valence-corrected chi connectivity index (χ3v) is 2.50. The highest BCUT2D eigenvalue weighted by molar-refractivity contribution is 9.10. The van der Waals surface area contributed by atoms with Crippen LogP contribution in [0.15, 0.2) is 22.7 Å². The molecule has 0 aliphatic rings. The van der Waals surface area contributed by atoms with Crippen LogP contribution in [0.2, 0.25) is 0 Å². The maximum atomic E-state index is 10.4. The van der Waals surface area contributed by atoms with Crippen LogP contribution in [0.1, 0.15) is 5.56 Å². The van der Waals surface area contributed by atoms with Gasteiger partial charge in [0.05, 0.1) is 5.56 Å². The van der Waals surface area contributed by atoms with Crippen LogP contribution >= 0.6 is 15.9 Å². The zero-order valence-corrected chi connectivity index (χ0v) is 10.0. The third-order valence-electron chi connectivity index (χ3n) is 1.84. The van der Waals surface area contributed by atoms with E-state index in [0.717, 1.165) is 10.2 Å². The van der Waals surface area contributed by atoms with E-state index >= 15 is 0 Å². The molecule has 0 spiro atoms. The largest absolute Gasteiger partial charge is 0.383 e. The minimum atomic E-state index is -0.539. The molecule has 16 heavy (non-hydrogen) atoms. The lowest BCUT2D eigenvalue weighted by Gasteiger charge is -2.07. The first-order valence-electron chi connectivity index (χ1n) is 4.60. The molecule has 0 unspecified atom stereocenters. The predicted molar refractivity (Wildman–Crippen MR) is 64.9 cm³/mol. The fourth-order valence-electron chi connectivity index (χ4n) is 1.11. The van der Waals surface area contributed by atoms with Crippen molar-refractivity contribution in [1.82, 2.24) is 5.32 Å².